The van der Waals surface area contributed by atoms with Crippen molar-refractivity contribution in [2.45, 2.75) is 63.8 Å². The molecule has 2 saturated carbocycles. The molecule has 9 nitrogen and oxygen atoms in total. The number of methoxy groups -OCH3 is 1. The van der Waals surface area contributed by atoms with Gasteiger partial charge in [-0.05, 0) is 85.5 Å². The van der Waals surface area contributed by atoms with Gasteiger partial charge in [-0.2, -0.15) is 12.7 Å². The zero-order chi connectivity index (χ0) is 30.2. The first kappa shape index (κ1) is 29.4. The van der Waals surface area contributed by atoms with E-state index in [2.05, 4.69) is 26.7 Å². The Balaban J connectivity index is 1.56. The summed E-state index contributed by atoms with van der Waals surface area (Å²) in [6.07, 6.45) is 11.4. The lowest BCUT2D eigenvalue weighted by molar-refractivity contribution is -0.126. The number of amides is 2. The highest BCUT2D eigenvalue weighted by Crippen LogP contribution is 2.51. The molecule has 0 atom stereocenters. The van der Waals surface area contributed by atoms with Crippen LogP contribution >= 0.6 is 0 Å². The fourth-order valence-corrected chi connectivity index (χ4v) is 7.40. The largest absolute Gasteiger partial charge is 0.497 e. The van der Waals surface area contributed by atoms with Crippen LogP contribution in [0.2, 0.25) is 0 Å². The highest BCUT2D eigenvalue weighted by Gasteiger charge is 2.50. The minimum atomic E-state index is -4.05. The molecule has 2 heterocycles. The number of benzene rings is 2. The third kappa shape index (κ3) is 5.82. The maximum absolute atomic E-state index is 13.6. The van der Waals surface area contributed by atoms with Crippen molar-refractivity contribution in [3.63, 3.8) is 0 Å². The van der Waals surface area contributed by atoms with Gasteiger partial charge in [0.25, 0.3) is 5.91 Å². The lowest BCUT2D eigenvalue weighted by atomic mass is 9.81. The Labute approximate surface area is 253 Å². The summed E-state index contributed by atoms with van der Waals surface area (Å²) in [5.41, 5.74) is 3.91. The summed E-state index contributed by atoms with van der Waals surface area (Å²) in [6, 6.07) is 13.5. The molecule has 228 valence electrons. The molecule has 2 aliphatic carbocycles. The number of ether oxygens (including phenoxy) is 1. The number of likely N-dealkylation sites (N-methyl/N-ethyl adjacent to an activating group) is 1. The number of nitrogens with zero attached hydrogens (tertiary/aromatic N) is 2. The van der Waals surface area contributed by atoms with Crippen molar-refractivity contribution >= 4 is 32.9 Å². The third-order valence-corrected chi connectivity index (χ3v) is 10.7. The molecule has 6 rings (SSSR count). The van der Waals surface area contributed by atoms with E-state index in [-0.39, 0.29) is 18.0 Å². The number of fused-ring (bicyclic) bond motifs is 1. The van der Waals surface area contributed by atoms with E-state index in [1.54, 1.807) is 25.3 Å². The number of hydrogen-bond donors (Lipinski definition) is 2. The normalized spacial score (nSPS) is 22.2. The minimum Gasteiger partial charge on any atom is -0.497 e. The first-order valence-corrected chi connectivity index (χ1v) is 16.7. The second-order valence-electron chi connectivity index (χ2n) is 12.2. The molecule has 10 heteroatoms. The highest BCUT2D eigenvalue weighted by molar-refractivity contribution is 7.87. The van der Waals surface area contributed by atoms with E-state index in [9.17, 15) is 18.0 Å². The van der Waals surface area contributed by atoms with Crippen molar-refractivity contribution < 1.29 is 22.7 Å². The summed E-state index contributed by atoms with van der Waals surface area (Å²) < 4.78 is 36.9. The van der Waals surface area contributed by atoms with E-state index >= 15 is 0 Å². The maximum atomic E-state index is 13.6. The predicted octanol–water partition coefficient (Wildman–Crippen LogP) is 5.13. The van der Waals surface area contributed by atoms with Gasteiger partial charge in [0.2, 0.25) is 5.91 Å². The fraction of sp³-hybridized carbons (Fsp3) is 0.455. The fourth-order valence-electron chi connectivity index (χ4n) is 6.61. The van der Waals surface area contributed by atoms with E-state index in [1.807, 2.05) is 24.3 Å². The molecule has 2 amide bonds. The SMILES string of the molecule is COc1ccc(-c2c(C3CCCCC3)c3ccc4cc3n2CC2(CC2)C(=O)NCC/C=C/CN(C)S(=O)(=O)NC4=O)cc1. The van der Waals surface area contributed by atoms with Crippen LogP contribution in [0.15, 0.2) is 54.6 Å². The second kappa shape index (κ2) is 11.8. The van der Waals surface area contributed by atoms with Gasteiger partial charge in [0.05, 0.1) is 18.2 Å². The number of hydrogen-bond acceptors (Lipinski definition) is 5. The smallest absolute Gasteiger partial charge is 0.304 e. The van der Waals surface area contributed by atoms with Crippen molar-refractivity contribution in [2.75, 3.05) is 27.2 Å². The van der Waals surface area contributed by atoms with Crippen molar-refractivity contribution in [3.05, 3.63) is 65.7 Å². The molecule has 2 fully saturated rings. The molecule has 0 radical (unpaired) electrons. The Morgan fingerprint density at radius 1 is 0.953 bits per heavy atom. The summed E-state index contributed by atoms with van der Waals surface area (Å²) in [6.45, 7) is 1.06. The number of carbonyl (C=O) groups excluding carboxylic acids is 2. The molecular formula is C33H40N4O5S. The lowest BCUT2D eigenvalue weighted by Gasteiger charge is -2.24. The Morgan fingerprint density at radius 3 is 2.37 bits per heavy atom. The van der Waals surface area contributed by atoms with E-state index in [0.29, 0.717) is 25.4 Å². The monoisotopic (exact) mass is 604 g/mol. The van der Waals surface area contributed by atoms with Gasteiger partial charge in [0.15, 0.2) is 0 Å². The van der Waals surface area contributed by atoms with Crippen molar-refractivity contribution in [1.29, 1.82) is 0 Å². The first-order chi connectivity index (χ1) is 20.7. The summed E-state index contributed by atoms with van der Waals surface area (Å²) in [5.74, 6) is 0.469. The Hall–Kier alpha value is -3.63. The van der Waals surface area contributed by atoms with Gasteiger partial charge in [0, 0.05) is 43.1 Å². The Bertz CT molecular complexity index is 1670. The maximum Gasteiger partial charge on any atom is 0.304 e. The van der Waals surface area contributed by atoms with Crippen LogP contribution in [-0.2, 0) is 21.5 Å². The zero-order valence-electron chi connectivity index (χ0n) is 24.9. The number of rotatable bonds is 3. The Kier molecular flexibility index (Phi) is 8.08. The molecule has 1 spiro atoms. The first-order valence-electron chi connectivity index (χ1n) is 15.2. The molecule has 0 saturated heterocycles. The average Bonchev–Trinajstić information content (AvgIpc) is 3.74. The molecule has 2 bridgehead atoms. The van der Waals surface area contributed by atoms with Crippen molar-refractivity contribution in [3.8, 4) is 17.0 Å². The van der Waals surface area contributed by atoms with Crippen LogP contribution in [0.4, 0.5) is 0 Å². The quantitative estimate of drug-likeness (QED) is 0.403. The van der Waals surface area contributed by atoms with Gasteiger partial charge in [0.1, 0.15) is 5.75 Å². The van der Waals surface area contributed by atoms with E-state index in [4.69, 9.17) is 4.74 Å². The summed E-state index contributed by atoms with van der Waals surface area (Å²) >= 11 is 0. The van der Waals surface area contributed by atoms with Gasteiger partial charge in [-0.25, -0.2) is 4.72 Å². The van der Waals surface area contributed by atoms with Crippen LogP contribution in [0.5, 0.6) is 5.75 Å². The van der Waals surface area contributed by atoms with Gasteiger partial charge in [-0.1, -0.05) is 37.5 Å². The van der Waals surface area contributed by atoms with E-state index < -0.39 is 21.5 Å². The van der Waals surface area contributed by atoms with E-state index in [1.165, 1.54) is 19.0 Å². The number of aromatic nitrogens is 1. The van der Waals surface area contributed by atoms with Crippen LogP contribution in [0.3, 0.4) is 0 Å². The summed E-state index contributed by atoms with van der Waals surface area (Å²) in [4.78, 5) is 27.0. The van der Waals surface area contributed by atoms with E-state index in [0.717, 1.165) is 70.7 Å². The van der Waals surface area contributed by atoms with Crippen molar-refractivity contribution in [2.24, 2.45) is 5.41 Å². The zero-order valence-corrected chi connectivity index (χ0v) is 25.7. The lowest BCUT2D eigenvalue weighted by Crippen LogP contribution is -2.41. The van der Waals surface area contributed by atoms with Crippen LogP contribution < -0.4 is 14.8 Å². The van der Waals surface area contributed by atoms with Crippen LogP contribution in [-0.4, -0.2) is 56.4 Å². The van der Waals surface area contributed by atoms with Crippen LogP contribution in [0, 0.1) is 5.41 Å². The molecule has 1 aliphatic heterocycles. The Morgan fingerprint density at radius 2 is 1.67 bits per heavy atom. The molecule has 2 N–H and O–H groups in total. The molecule has 3 aromatic rings. The summed E-state index contributed by atoms with van der Waals surface area (Å²) in [7, 11) is -0.972. The van der Waals surface area contributed by atoms with Gasteiger partial charge < -0.3 is 14.6 Å². The standard InChI is InChI=1S/C33H40N4O5S/c1-36-20-8-4-7-19-34-32(39)33(17-18-33)22-37-28-21-25(31(38)35-43(36,40)41)13-16-27(28)29(23-9-5-3-6-10-23)30(37)24-11-14-26(42-2)15-12-24/h4,8,11-16,21,23H,3,5-7,9-10,17-20,22H2,1-2H3,(H,34,39)(H,35,38)/b8-4+. The average molecular weight is 605 g/mol. The minimum absolute atomic E-state index is 0.0422. The molecule has 2 aromatic carbocycles. The molecule has 3 aliphatic rings. The predicted molar refractivity (Wildman–Crippen MR) is 167 cm³/mol. The second-order valence-corrected chi connectivity index (χ2v) is 13.9. The van der Waals surface area contributed by atoms with Crippen LogP contribution in [0.25, 0.3) is 22.2 Å². The van der Waals surface area contributed by atoms with Crippen LogP contribution in [0.1, 0.15) is 73.2 Å². The molecule has 1 aromatic heterocycles. The van der Waals surface area contributed by atoms with Crippen molar-refractivity contribution in [1.82, 2.24) is 18.9 Å². The number of nitrogens with one attached hydrogen (secondary N) is 2. The summed E-state index contributed by atoms with van der Waals surface area (Å²) in [5, 5.41) is 4.18. The molecule has 43 heavy (non-hydrogen) atoms. The third-order valence-electron chi connectivity index (χ3n) is 9.30. The van der Waals surface area contributed by atoms with Gasteiger partial charge >= 0.3 is 10.2 Å². The molecule has 0 unspecified atom stereocenters. The molecular weight excluding hydrogens is 564 g/mol. The highest BCUT2D eigenvalue weighted by atomic mass is 32.2. The topological polar surface area (TPSA) is 110 Å². The van der Waals surface area contributed by atoms with Gasteiger partial charge in [-0.3, -0.25) is 9.59 Å². The van der Waals surface area contributed by atoms with Gasteiger partial charge in [-0.15, -0.1) is 0 Å². The number of carbonyl (C=O) groups is 2.